The molecule has 0 aliphatic heterocycles. The fourth-order valence-electron chi connectivity index (χ4n) is 3.27. The minimum atomic E-state index is -0.681. The lowest BCUT2D eigenvalue weighted by molar-refractivity contribution is -0.123. The van der Waals surface area contributed by atoms with Crippen LogP contribution < -0.4 is 9.47 Å². The second kappa shape index (κ2) is 9.40. The summed E-state index contributed by atoms with van der Waals surface area (Å²) in [5.41, 5.74) is 1.35. The number of ether oxygens (including phenoxy) is 2. The van der Waals surface area contributed by atoms with Gasteiger partial charge in [-0.05, 0) is 36.4 Å². The molecule has 0 aliphatic rings. The van der Waals surface area contributed by atoms with Crippen LogP contribution in [0.5, 0.6) is 23.3 Å². The van der Waals surface area contributed by atoms with E-state index in [1.54, 1.807) is 36.4 Å². The number of carbonyl (C=O) groups excluding carboxylic acids is 2. The minimum Gasteiger partial charge on any atom is -0.497 e. The van der Waals surface area contributed by atoms with Crippen molar-refractivity contribution in [2.75, 3.05) is 14.2 Å². The smallest absolute Gasteiger partial charge is 0.265 e. The number of methoxy groups -OCH3 is 2. The summed E-state index contributed by atoms with van der Waals surface area (Å²) in [5.74, 6) is -0.769. The summed E-state index contributed by atoms with van der Waals surface area (Å²) in [5, 5.41) is 35.9. The van der Waals surface area contributed by atoms with Crippen molar-refractivity contribution < 1.29 is 29.3 Å². The molecule has 12 nitrogen and oxygen atoms in total. The average Bonchev–Trinajstić information content (AvgIpc) is 3.33. The molecule has 0 saturated heterocycles. The quantitative estimate of drug-likeness (QED) is 0.286. The zero-order valence-electron chi connectivity index (χ0n) is 18.2. The van der Waals surface area contributed by atoms with Gasteiger partial charge in [0.25, 0.3) is 11.8 Å². The van der Waals surface area contributed by atoms with E-state index in [9.17, 15) is 19.8 Å². The Balaban J connectivity index is 1.41. The number of nitrogens with one attached hydrogen (secondary N) is 2. The Morgan fingerprint density at radius 3 is 1.56 bits per heavy atom. The first-order valence-corrected chi connectivity index (χ1v) is 10.1. The Bertz CT molecular complexity index is 1340. The summed E-state index contributed by atoms with van der Waals surface area (Å²) in [6, 6.07) is 10.1. The number of carbonyl (C=O) groups is 2. The van der Waals surface area contributed by atoms with E-state index in [0.717, 1.165) is 0 Å². The molecule has 2 aromatic heterocycles. The van der Waals surface area contributed by atoms with Gasteiger partial charge in [0, 0.05) is 23.6 Å². The van der Waals surface area contributed by atoms with E-state index in [1.165, 1.54) is 14.2 Å². The summed E-state index contributed by atoms with van der Waals surface area (Å²) in [6.07, 6.45) is -0.525. The van der Waals surface area contributed by atoms with Crippen molar-refractivity contribution in [3.63, 3.8) is 0 Å². The Morgan fingerprint density at radius 1 is 0.765 bits per heavy atom. The third kappa shape index (κ3) is 4.55. The molecule has 2 amide bonds. The third-order valence-corrected chi connectivity index (χ3v) is 4.99. The molecule has 0 atom stereocenters. The van der Waals surface area contributed by atoms with Crippen LogP contribution in [0.1, 0.15) is 12.8 Å². The standard InChI is InChI=1S/C22H20N6O6/c1-33-11-3-5-15-13(9-11)19(21(31)23-15)27-25-17(29)7-8-18(30)26-28-20-14-10-12(34-2)4-6-16(14)24-22(20)32/h3-6,9-10,23-24,31-32H,7-8H2,1-2H3. The molecule has 0 spiro atoms. The number of H-pyrrole nitrogens is 2. The molecule has 0 fully saturated rings. The van der Waals surface area contributed by atoms with E-state index in [-0.39, 0.29) is 36.0 Å². The maximum absolute atomic E-state index is 12.1. The molecule has 4 rings (SSSR count). The van der Waals surface area contributed by atoms with Gasteiger partial charge in [0.05, 0.1) is 25.3 Å². The first-order chi connectivity index (χ1) is 16.4. The van der Waals surface area contributed by atoms with E-state index < -0.39 is 11.8 Å². The lowest BCUT2D eigenvalue weighted by atomic mass is 10.2. The van der Waals surface area contributed by atoms with Gasteiger partial charge in [0.15, 0.2) is 11.4 Å². The second-order valence-electron chi connectivity index (χ2n) is 7.15. The van der Waals surface area contributed by atoms with Gasteiger partial charge in [0.2, 0.25) is 11.8 Å². The van der Waals surface area contributed by atoms with Crippen molar-refractivity contribution in [3.05, 3.63) is 36.4 Å². The van der Waals surface area contributed by atoms with Crippen LogP contribution >= 0.6 is 0 Å². The fraction of sp³-hybridized carbons (Fsp3) is 0.182. The van der Waals surface area contributed by atoms with Crippen molar-refractivity contribution in [2.45, 2.75) is 12.8 Å². The first kappa shape index (κ1) is 22.5. The van der Waals surface area contributed by atoms with Crippen molar-refractivity contribution >= 4 is 45.0 Å². The largest absolute Gasteiger partial charge is 0.497 e. The summed E-state index contributed by atoms with van der Waals surface area (Å²) < 4.78 is 10.3. The molecule has 0 aliphatic carbocycles. The number of aromatic nitrogens is 2. The highest BCUT2D eigenvalue weighted by atomic mass is 16.5. The zero-order valence-corrected chi connectivity index (χ0v) is 18.2. The number of nitrogens with zero attached hydrogens (tertiary/aromatic N) is 4. The average molecular weight is 464 g/mol. The summed E-state index contributed by atoms with van der Waals surface area (Å²) >= 11 is 0. The third-order valence-electron chi connectivity index (χ3n) is 4.99. The van der Waals surface area contributed by atoms with Crippen molar-refractivity contribution in [3.8, 4) is 23.3 Å². The molecule has 0 radical (unpaired) electrons. The molecular formula is C22H20N6O6. The van der Waals surface area contributed by atoms with Gasteiger partial charge < -0.3 is 29.7 Å². The van der Waals surface area contributed by atoms with Gasteiger partial charge in [-0.3, -0.25) is 9.59 Å². The Labute approximate surface area is 191 Å². The number of fused-ring (bicyclic) bond motifs is 2. The van der Waals surface area contributed by atoms with Gasteiger partial charge in [-0.25, -0.2) is 0 Å². The number of hydrogen-bond acceptors (Lipinski definition) is 8. The highest BCUT2D eigenvalue weighted by molar-refractivity contribution is 5.96. The number of amides is 2. The highest BCUT2D eigenvalue weighted by Crippen LogP contribution is 2.38. The van der Waals surface area contributed by atoms with Crippen molar-refractivity contribution in [1.82, 2.24) is 9.97 Å². The van der Waals surface area contributed by atoms with Crippen LogP contribution in [0.15, 0.2) is 56.9 Å². The minimum absolute atomic E-state index is 0.0819. The fourth-order valence-corrected chi connectivity index (χ4v) is 3.27. The van der Waals surface area contributed by atoms with Crippen LogP contribution in [0, 0.1) is 0 Å². The summed E-state index contributed by atoms with van der Waals surface area (Å²) in [6.45, 7) is 0. The number of benzene rings is 2. The van der Waals surface area contributed by atoms with Crippen molar-refractivity contribution in [2.24, 2.45) is 20.5 Å². The second-order valence-corrected chi connectivity index (χ2v) is 7.15. The Kier molecular flexibility index (Phi) is 6.21. The molecule has 2 heterocycles. The van der Waals surface area contributed by atoms with E-state index in [0.29, 0.717) is 33.3 Å². The topological polar surface area (TPSA) is 174 Å². The molecule has 0 unspecified atom stereocenters. The van der Waals surface area contributed by atoms with Crippen LogP contribution in [-0.4, -0.2) is 46.2 Å². The molecule has 4 N–H and O–H groups in total. The van der Waals surface area contributed by atoms with Gasteiger partial charge in [-0.1, -0.05) is 0 Å². The number of rotatable bonds is 7. The van der Waals surface area contributed by atoms with Gasteiger partial charge >= 0.3 is 0 Å². The van der Waals surface area contributed by atoms with Crippen LogP contribution in [0.4, 0.5) is 11.4 Å². The number of aromatic amines is 2. The lowest BCUT2D eigenvalue weighted by Crippen LogP contribution is -1.98. The highest BCUT2D eigenvalue weighted by Gasteiger charge is 2.14. The maximum atomic E-state index is 12.1. The SMILES string of the molecule is COc1ccc2[nH]c(O)c(N=NC(=O)CCC(=O)N=Nc3c(O)[nH]c4ccc(OC)cc34)c2c1. The van der Waals surface area contributed by atoms with E-state index in [1.807, 2.05) is 0 Å². The summed E-state index contributed by atoms with van der Waals surface area (Å²) in [7, 11) is 3.01. The van der Waals surface area contributed by atoms with Gasteiger partial charge in [-0.15, -0.1) is 20.5 Å². The molecule has 4 aromatic rings. The summed E-state index contributed by atoms with van der Waals surface area (Å²) in [4.78, 5) is 29.6. The molecule has 34 heavy (non-hydrogen) atoms. The van der Waals surface area contributed by atoms with Gasteiger partial charge in [-0.2, -0.15) is 0 Å². The molecule has 2 aromatic carbocycles. The van der Waals surface area contributed by atoms with E-state index in [4.69, 9.17) is 9.47 Å². The first-order valence-electron chi connectivity index (χ1n) is 10.1. The number of hydrogen-bond donors (Lipinski definition) is 4. The van der Waals surface area contributed by atoms with E-state index in [2.05, 4.69) is 30.4 Å². The lowest BCUT2D eigenvalue weighted by Gasteiger charge is -1.99. The van der Waals surface area contributed by atoms with Crippen LogP contribution in [0.25, 0.3) is 21.8 Å². The van der Waals surface area contributed by atoms with Crippen LogP contribution in [0.2, 0.25) is 0 Å². The maximum Gasteiger partial charge on any atom is 0.265 e. The van der Waals surface area contributed by atoms with Crippen LogP contribution in [-0.2, 0) is 9.59 Å². The van der Waals surface area contributed by atoms with Crippen molar-refractivity contribution in [1.29, 1.82) is 0 Å². The monoisotopic (exact) mass is 464 g/mol. The zero-order chi connectivity index (χ0) is 24.2. The predicted octanol–water partition coefficient (Wildman–Crippen LogP) is 4.78. The van der Waals surface area contributed by atoms with E-state index >= 15 is 0 Å². The normalized spacial score (nSPS) is 11.7. The van der Waals surface area contributed by atoms with Gasteiger partial charge in [0.1, 0.15) is 11.5 Å². The molecule has 12 heteroatoms. The molecule has 0 saturated carbocycles. The predicted molar refractivity (Wildman–Crippen MR) is 121 cm³/mol. The molecular weight excluding hydrogens is 444 g/mol. The Morgan fingerprint density at radius 2 is 1.18 bits per heavy atom. The number of aromatic hydroxyl groups is 2. The van der Waals surface area contributed by atoms with Crippen LogP contribution in [0.3, 0.4) is 0 Å². The molecule has 0 bridgehead atoms. The molecule has 174 valence electrons. The Hall–Kier alpha value is -4.74. The number of azo groups is 2.